The first-order valence-corrected chi connectivity index (χ1v) is 11.9. The van der Waals surface area contributed by atoms with Crippen molar-refractivity contribution in [3.05, 3.63) is 42.4 Å². The molecule has 0 saturated heterocycles. The molecule has 0 aliphatic heterocycles. The first-order chi connectivity index (χ1) is 15.4. The summed E-state index contributed by atoms with van der Waals surface area (Å²) >= 11 is 0. The number of carbonyl (C=O) groups excluding carboxylic acids is 2. The van der Waals surface area contributed by atoms with Gasteiger partial charge in [-0.15, -0.1) is 0 Å². The van der Waals surface area contributed by atoms with Gasteiger partial charge in [0.2, 0.25) is 11.8 Å². The Morgan fingerprint density at radius 2 is 1.72 bits per heavy atom. The van der Waals surface area contributed by atoms with E-state index in [1.807, 2.05) is 44.2 Å². The van der Waals surface area contributed by atoms with Crippen LogP contribution in [0.2, 0.25) is 0 Å². The summed E-state index contributed by atoms with van der Waals surface area (Å²) < 4.78 is 11.2. The molecule has 4 saturated carbocycles. The van der Waals surface area contributed by atoms with Gasteiger partial charge in [-0.2, -0.15) is 0 Å². The number of hydrogen-bond donors (Lipinski definition) is 1. The Balaban J connectivity index is 1.21. The lowest BCUT2D eigenvalue weighted by atomic mass is 9.49. The molecule has 0 unspecified atom stereocenters. The SMILES string of the molecule is CC(C)[C@H](NC(=O)C12CC3CC(CC(C3)C1)C2)C(=O)OCc1ncc(-c2ccccc2)o1. The van der Waals surface area contributed by atoms with Crippen LogP contribution in [0, 0.1) is 29.1 Å². The zero-order valence-electron chi connectivity index (χ0n) is 18.9. The standard InChI is InChI=1S/C26H32N2O4/c1-16(2)23(28-25(30)26-11-17-8-18(12-26)10-19(9-17)13-26)24(29)31-15-22-27-14-21(32-22)20-6-4-3-5-7-20/h3-7,14,16-19,23H,8-13,15H2,1-2H3,(H,28,30)/t17?,18?,19?,23-,26?/m0/s1. The maximum atomic E-state index is 13.4. The monoisotopic (exact) mass is 436 g/mol. The Labute approximate surface area is 189 Å². The fraction of sp³-hybridized carbons (Fsp3) is 0.577. The molecule has 4 aliphatic carbocycles. The largest absolute Gasteiger partial charge is 0.454 e. The van der Waals surface area contributed by atoms with Crippen molar-refractivity contribution in [2.75, 3.05) is 0 Å². The summed E-state index contributed by atoms with van der Waals surface area (Å²) in [7, 11) is 0. The van der Waals surface area contributed by atoms with E-state index in [2.05, 4.69) is 10.3 Å². The molecule has 0 radical (unpaired) electrons. The van der Waals surface area contributed by atoms with Gasteiger partial charge in [0.25, 0.3) is 0 Å². The lowest BCUT2D eigenvalue weighted by Crippen LogP contribution is -2.57. The summed E-state index contributed by atoms with van der Waals surface area (Å²) in [5, 5.41) is 3.08. The molecule has 170 valence electrons. The minimum absolute atomic E-state index is 0.0507. The van der Waals surface area contributed by atoms with Crippen molar-refractivity contribution < 1.29 is 18.7 Å². The molecule has 32 heavy (non-hydrogen) atoms. The molecule has 1 aromatic heterocycles. The maximum absolute atomic E-state index is 13.4. The molecule has 1 aromatic carbocycles. The third-order valence-corrected chi connectivity index (χ3v) is 7.68. The fourth-order valence-electron chi connectivity index (χ4n) is 6.52. The minimum atomic E-state index is -0.668. The molecule has 1 atom stereocenters. The van der Waals surface area contributed by atoms with Gasteiger partial charge in [0.1, 0.15) is 6.04 Å². The second kappa shape index (κ2) is 8.38. The van der Waals surface area contributed by atoms with Gasteiger partial charge in [-0.1, -0.05) is 44.2 Å². The molecule has 1 N–H and O–H groups in total. The van der Waals surface area contributed by atoms with Crippen molar-refractivity contribution in [3.8, 4) is 11.3 Å². The Morgan fingerprint density at radius 1 is 1.09 bits per heavy atom. The van der Waals surface area contributed by atoms with E-state index in [-0.39, 0.29) is 23.8 Å². The molecular weight excluding hydrogens is 404 g/mol. The van der Waals surface area contributed by atoms with Gasteiger partial charge in [0, 0.05) is 11.0 Å². The summed E-state index contributed by atoms with van der Waals surface area (Å²) in [6, 6.07) is 9.00. The highest BCUT2D eigenvalue weighted by molar-refractivity contribution is 5.88. The predicted octanol–water partition coefficient (Wildman–Crippen LogP) is 4.74. The van der Waals surface area contributed by atoms with Crippen LogP contribution < -0.4 is 5.32 Å². The van der Waals surface area contributed by atoms with Crippen LogP contribution >= 0.6 is 0 Å². The first-order valence-electron chi connectivity index (χ1n) is 11.9. The number of nitrogens with zero attached hydrogens (tertiary/aromatic N) is 1. The fourth-order valence-corrected chi connectivity index (χ4v) is 6.52. The molecule has 6 nitrogen and oxygen atoms in total. The highest BCUT2D eigenvalue weighted by Crippen LogP contribution is 2.60. The van der Waals surface area contributed by atoms with Gasteiger partial charge in [0.05, 0.1) is 6.20 Å². The predicted molar refractivity (Wildman–Crippen MR) is 119 cm³/mol. The van der Waals surface area contributed by atoms with Crippen molar-refractivity contribution in [2.45, 2.75) is 65.0 Å². The number of ether oxygens (including phenoxy) is 1. The number of aromatic nitrogens is 1. The maximum Gasteiger partial charge on any atom is 0.329 e. The molecule has 6 heteroatoms. The van der Waals surface area contributed by atoms with Crippen LogP contribution in [0.5, 0.6) is 0 Å². The van der Waals surface area contributed by atoms with Gasteiger partial charge >= 0.3 is 5.97 Å². The second-order valence-corrected chi connectivity index (χ2v) is 10.5. The van der Waals surface area contributed by atoms with Crippen LogP contribution in [0.1, 0.15) is 58.3 Å². The van der Waals surface area contributed by atoms with Gasteiger partial charge in [0.15, 0.2) is 12.4 Å². The molecule has 6 rings (SSSR count). The van der Waals surface area contributed by atoms with Gasteiger partial charge in [-0.3, -0.25) is 4.79 Å². The first kappa shape index (κ1) is 21.2. The number of nitrogens with one attached hydrogen (secondary N) is 1. The molecule has 2 aromatic rings. The number of benzene rings is 1. The quantitative estimate of drug-likeness (QED) is 0.634. The van der Waals surface area contributed by atoms with Crippen molar-refractivity contribution in [1.29, 1.82) is 0 Å². The lowest BCUT2D eigenvalue weighted by Gasteiger charge is -2.55. The van der Waals surface area contributed by atoms with Gasteiger partial charge in [-0.25, -0.2) is 9.78 Å². The lowest BCUT2D eigenvalue weighted by molar-refractivity contribution is -0.156. The molecule has 4 fully saturated rings. The summed E-state index contributed by atoms with van der Waals surface area (Å²) in [6.07, 6.45) is 8.40. The van der Waals surface area contributed by atoms with E-state index in [0.717, 1.165) is 24.8 Å². The van der Waals surface area contributed by atoms with Gasteiger partial charge in [-0.05, 0) is 62.2 Å². The minimum Gasteiger partial charge on any atom is -0.454 e. The van der Waals surface area contributed by atoms with Crippen LogP contribution in [0.15, 0.2) is 40.9 Å². The number of esters is 1. The zero-order valence-corrected chi connectivity index (χ0v) is 18.9. The third-order valence-electron chi connectivity index (χ3n) is 7.68. The van der Waals surface area contributed by atoms with E-state index >= 15 is 0 Å². The average molecular weight is 437 g/mol. The van der Waals surface area contributed by atoms with Crippen LogP contribution in [0.25, 0.3) is 11.3 Å². The smallest absolute Gasteiger partial charge is 0.329 e. The van der Waals surface area contributed by atoms with Crippen molar-refractivity contribution in [1.82, 2.24) is 10.3 Å². The number of carbonyl (C=O) groups is 2. The summed E-state index contributed by atoms with van der Waals surface area (Å²) in [4.78, 5) is 30.5. The van der Waals surface area contributed by atoms with Crippen molar-refractivity contribution in [2.24, 2.45) is 29.1 Å². The number of amides is 1. The highest BCUT2D eigenvalue weighted by atomic mass is 16.5. The van der Waals surface area contributed by atoms with E-state index in [1.165, 1.54) is 19.3 Å². The van der Waals surface area contributed by atoms with Crippen LogP contribution in [0.3, 0.4) is 0 Å². The van der Waals surface area contributed by atoms with Crippen LogP contribution in [-0.4, -0.2) is 22.9 Å². The number of hydrogen-bond acceptors (Lipinski definition) is 5. The summed E-state index contributed by atoms with van der Waals surface area (Å²) in [6.45, 7) is 3.82. The second-order valence-electron chi connectivity index (χ2n) is 10.5. The summed E-state index contributed by atoms with van der Waals surface area (Å²) in [5.74, 6) is 2.57. The highest BCUT2D eigenvalue weighted by Gasteiger charge is 2.55. The van der Waals surface area contributed by atoms with Gasteiger partial charge < -0.3 is 14.5 Å². The average Bonchev–Trinajstić information content (AvgIpc) is 3.24. The summed E-state index contributed by atoms with van der Waals surface area (Å²) in [5.41, 5.74) is 0.635. The van der Waals surface area contributed by atoms with E-state index in [0.29, 0.717) is 29.4 Å². The molecule has 0 spiro atoms. The Morgan fingerprint density at radius 3 is 2.31 bits per heavy atom. The molecule has 4 bridgehead atoms. The normalized spacial score (nSPS) is 29.2. The van der Waals surface area contributed by atoms with E-state index in [4.69, 9.17) is 9.15 Å². The zero-order chi connectivity index (χ0) is 22.3. The van der Waals surface area contributed by atoms with E-state index in [1.54, 1.807) is 6.20 Å². The molecule has 1 heterocycles. The topological polar surface area (TPSA) is 81.4 Å². The van der Waals surface area contributed by atoms with Crippen LogP contribution in [0.4, 0.5) is 0 Å². The Bertz CT molecular complexity index is 945. The number of oxazole rings is 1. The van der Waals surface area contributed by atoms with Crippen molar-refractivity contribution >= 4 is 11.9 Å². The van der Waals surface area contributed by atoms with Crippen LogP contribution in [-0.2, 0) is 20.9 Å². The Hall–Kier alpha value is -2.63. The molecule has 1 amide bonds. The molecular formula is C26H32N2O4. The third kappa shape index (κ3) is 4.07. The van der Waals surface area contributed by atoms with E-state index < -0.39 is 12.0 Å². The van der Waals surface area contributed by atoms with Crippen molar-refractivity contribution in [3.63, 3.8) is 0 Å². The van der Waals surface area contributed by atoms with E-state index in [9.17, 15) is 9.59 Å². The Kier molecular flexibility index (Phi) is 5.56. The number of rotatable bonds is 7. The molecule has 4 aliphatic rings.